The number of hydrogen-bond acceptors (Lipinski definition) is 3. The summed E-state index contributed by atoms with van der Waals surface area (Å²) in [5, 5.41) is 2.97. The third kappa shape index (κ3) is 3.16. The molecule has 0 atom stereocenters. The number of likely N-dealkylation sites (N-methyl/N-ethyl adjacent to an activating group) is 2. The first-order chi connectivity index (χ1) is 9.05. The van der Waals surface area contributed by atoms with Crippen molar-refractivity contribution in [1.82, 2.24) is 9.62 Å². The number of nitrogens with zero attached hydrogens (tertiary/aromatic N) is 1. The number of benzene rings is 1. The Morgan fingerprint density at radius 3 is 2.58 bits per heavy atom. The van der Waals surface area contributed by atoms with E-state index in [2.05, 4.69) is 5.32 Å². The summed E-state index contributed by atoms with van der Waals surface area (Å²) in [6, 6.07) is 5.59. The molecule has 106 valence electrons. The molecule has 1 N–H and O–H groups in total. The Labute approximate surface area is 115 Å². The molecule has 0 amide bonds. The van der Waals surface area contributed by atoms with Crippen molar-refractivity contribution in [3.8, 4) is 0 Å². The van der Waals surface area contributed by atoms with Gasteiger partial charge >= 0.3 is 0 Å². The van der Waals surface area contributed by atoms with Gasteiger partial charge in [0.2, 0.25) is 10.0 Å². The number of nitrogens with one attached hydrogen (secondary N) is 1. The molecule has 0 bridgehead atoms. The first-order valence-electron chi connectivity index (χ1n) is 6.78. The van der Waals surface area contributed by atoms with E-state index in [9.17, 15) is 8.42 Å². The second-order valence-electron chi connectivity index (χ2n) is 5.07. The summed E-state index contributed by atoms with van der Waals surface area (Å²) >= 11 is 0. The summed E-state index contributed by atoms with van der Waals surface area (Å²) in [6.07, 6.45) is 4.44. The van der Waals surface area contributed by atoms with Crippen LogP contribution in [0.2, 0.25) is 0 Å². The molecule has 0 saturated heterocycles. The van der Waals surface area contributed by atoms with E-state index in [0.29, 0.717) is 18.0 Å². The van der Waals surface area contributed by atoms with Gasteiger partial charge in [0.05, 0.1) is 4.90 Å². The molecule has 0 spiro atoms. The minimum atomic E-state index is -3.35. The van der Waals surface area contributed by atoms with Crippen molar-refractivity contribution in [2.24, 2.45) is 0 Å². The highest BCUT2D eigenvalue weighted by atomic mass is 32.2. The van der Waals surface area contributed by atoms with Gasteiger partial charge in [0.1, 0.15) is 0 Å². The predicted octanol–water partition coefficient (Wildman–Crippen LogP) is 1.41. The van der Waals surface area contributed by atoms with Crippen LogP contribution >= 0.6 is 0 Å². The molecule has 0 heterocycles. The number of hydrogen-bond donors (Lipinski definition) is 1. The standard InChI is InChI=1S/C14H22N2O2S/c1-15-9-10-16(2)19(17,18)14-8-7-12-5-3-4-6-13(12)11-14/h7-8,11,15H,3-6,9-10H2,1-2H3. The van der Waals surface area contributed by atoms with E-state index in [4.69, 9.17) is 0 Å². The predicted molar refractivity (Wildman–Crippen MR) is 76.8 cm³/mol. The fourth-order valence-corrected chi connectivity index (χ4v) is 3.66. The first-order valence-corrected chi connectivity index (χ1v) is 8.22. The average Bonchev–Trinajstić information content (AvgIpc) is 2.44. The van der Waals surface area contributed by atoms with Gasteiger partial charge in [-0.05, 0) is 56.0 Å². The number of rotatable bonds is 5. The summed E-state index contributed by atoms with van der Waals surface area (Å²) in [5.74, 6) is 0. The molecular weight excluding hydrogens is 260 g/mol. The summed E-state index contributed by atoms with van der Waals surface area (Å²) in [4.78, 5) is 0.423. The largest absolute Gasteiger partial charge is 0.318 e. The summed E-state index contributed by atoms with van der Waals surface area (Å²) in [7, 11) is 0.0985. The maximum absolute atomic E-state index is 12.4. The van der Waals surface area contributed by atoms with Gasteiger partial charge in [0, 0.05) is 20.1 Å². The maximum atomic E-state index is 12.4. The first kappa shape index (κ1) is 14.5. The molecular formula is C14H22N2O2S. The van der Waals surface area contributed by atoms with Crippen LogP contribution in [-0.2, 0) is 22.9 Å². The van der Waals surface area contributed by atoms with Gasteiger partial charge in [0.15, 0.2) is 0 Å². The molecule has 19 heavy (non-hydrogen) atoms. The van der Waals surface area contributed by atoms with Crippen molar-refractivity contribution in [2.75, 3.05) is 27.2 Å². The van der Waals surface area contributed by atoms with Gasteiger partial charge in [-0.2, -0.15) is 4.31 Å². The lowest BCUT2D eigenvalue weighted by atomic mass is 9.92. The van der Waals surface area contributed by atoms with Crippen molar-refractivity contribution in [3.05, 3.63) is 29.3 Å². The molecule has 1 aliphatic rings. The van der Waals surface area contributed by atoms with Crippen LogP contribution in [0, 0.1) is 0 Å². The highest BCUT2D eigenvalue weighted by molar-refractivity contribution is 7.89. The Hall–Kier alpha value is -0.910. The molecule has 0 aliphatic heterocycles. The molecule has 0 unspecified atom stereocenters. The van der Waals surface area contributed by atoms with Gasteiger partial charge in [-0.3, -0.25) is 0 Å². The highest BCUT2D eigenvalue weighted by Crippen LogP contribution is 2.25. The van der Waals surface area contributed by atoms with Gasteiger partial charge in [-0.15, -0.1) is 0 Å². The maximum Gasteiger partial charge on any atom is 0.242 e. The molecule has 0 fully saturated rings. The van der Waals surface area contributed by atoms with Crippen molar-refractivity contribution >= 4 is 10.0 Å². The van der Waals surface area contributed by atoms with Crippen LogP contribution in [0.25, 0.3) is 0 Å². The molecule has 2 rings (SSSR count). The molecule has 1 aromatic rings. The lowest BCUT2D eigenvalue weighted by molar-refractivity contribution is 0.466. The third-order valence-electron chi connectivity index (χ3n) is 3.70. The molecule has 1 aromatic carbocycles. The van der Waals surface area contributed by atoms with E-state index in [0.717, 1.165) is 19.3 Å². The highest BCUT2D eigenvalue weighted by Gasteiger charge is 2.21. The zero-order valence-corrected chi connectivity index (χ0v) is 12.5. The molecule has 5 heteroatoms. The summed E-state index contributed by atoms with van der Waals surface area (Å²) in [6.45, 7) is 1.14. The smallest absolute Gasteiger partial charge is 0.242 e. The number of sulfonamides is 1. The number of aryl methyl sites for hydroxylation is 2. The minimum absolute atomic E-state index is 0.423. The van der Waals surface area contributed by atoms with Crippen molar-refractivity contribution < 1.29 is 8.42 Å². The SMILES string of the molecule is CNCCN(C)S(=O)(=O)c1ccc2c(c1)CCCC2. The van der Waals surface area contributed by atoms with Crippen LogP contribution in [0.1, 0.15) is 24.0 Å². The van der Waals surface area contributed by atoms with Crippen LogP contribution < -0.4 is 5.32 Å². The van der Waals surface area contributed by atoms with Crippen LogP contribution in [-0.4, -0.2) is 39.9 Å². The lowest BCUT2D eigenvalue weighted by Gasteiger charge is -2.20. The Morgan fingerprint density at radius 1 is 1.21 bits per heavy atom. The fourth-order valence-electron chi connectivity index (χ4n) is 2.44. The van der Waals surface area contributed by atoms with E-state index < -0.39 is 10.0 Å². The van der Waals surface area contributed by atoms with Gasteiger partial charge < -0.3 is 5.32 Å². The zero-order valence-electron chi connectivity index (χ0n) is 11.6. The van der Waals surface area contributed by atoms with E-state index in [1.165, 1.54) is 21.9 Å². The van der Waals surface area contributed by atoms with Crippen LogP contribution in [0.5, 0.6) is 0 Å². The van der Waals surface area contributed by atoms with E-state index in [1.807, 2.05) is 19.2 Å². The molecule has 0 saturated carbocycles. The van der Waals surface area contributed by atoms with Crippen molar-refractivity contribution in [1.29, 1.82) is 0 Å². The minimum Gasteiger partial charge on any atom is -0.318 e. The van der Waals surface area contributed by atoms with E-state index in [1.54, 1.807) is 13.1 Å². The number of fused-ring (bicyclic) bond motifs is 1. The molecule has 1 aliphatic carbocycles. The van der Waals surface area contributed by atoms with E-state index in [-0.39, 0.29) is 0 Å². The fraction of sp³-hybridized carbons (Fsp3) is 0.571. The molecule has 0 radical (unpaired) electrons. The summed E-state index contributed by atoms with van der Waals surface area (Å²) < 4.78 is 26.3. The zero-order chi connectivity index (χ0) is 13.9. The van der Waals surface area contributed by atoms with Gasteiger partial charge in [0.25, 0.3) is 0 Å². The van der Waals surface area contributed by atoms with Gasteiger partial charge in [-0.25, -0.2) is 8.42 Å². The quantitative estimate of drug-likeness (QED) is 0.888. The third-order valence-corrected chi connectivity index (χ3v) is 5.56. The molecule has 0 aromatic heterocycles. The topological polar surface area (TPSA) is 49.4 Å². The Bertz CT molecular complexity index is 540. The lowest BCUT2D eigenvalue weighted by Crippen LogP contribution is -2.33. The second kappa shape index (κ2) is 6.03. The summed E-state index contributed by atoms with van der Waals surface area (Å²) in [5.41, 5.74) is 2.51. The Kier molecular flexibility index (Phi) is 4.60. The Balaban J connectivity index is 2.25. The van der Waals surface area contributed by atoms with Crippen molar-refractivity contribution in [3.63, 3.8) is 0 Å². The van der Waals surface area contributed by atoms with Crippen LogP contribution in [0.3, 0.4) is 0 Å². The normalized spacial score (nSPS) is 15.5. The monoisotopic (exact) mass is 282 g/mol. The van der Waals surface area contributed by atoms with Crippen LogP contribution in [0.15, 0.2) is 23.1 Å². The molecule has 4 nitrogen and oxygen atoms in total. The van der Waals surface area contributed by atoms with Crippen LogP contribution in [0.4, 0.5) is 0 Å². The van der Waals surface area contributed by atoms with E-state index >= 15 is 0 Å². The van der Waals surface area contributed by atoms with Crippen molar-refractivity contribution in [2.45, 2.75) is 30.6 Å². The Morgan fingerprint density at radius 2 is 1.89 bits per heavy atom. The van der Waals surface area contributed by atoms with Gasteiger partial charge in [-0.1, -0.05) is 6.07 Å². The second-order valence-corrected chi connectivity index (χ2v) is 7.11. The average molecular weight is 282 g/mol.